The molecule has 0 radical (unpaired) electrons. The zero-order valence-electron chi connectivity index (χ0n) is 6.72. The zero-order valence-corrected chi connectivity index (χ0v) is 9.17. The van der Waals surface area contributed by atoms with Crippen molar-refractivity contribution in [2.45, 2.75) is 11.0 Å². The fourth-order valence-corrected chi connectivity index (χ4v) is 2.55. The summed E-state index contributed by atoms with van der Waals surface area (Å²) in [5.41, 5.74) is -10.6. The van der Waals surface area contributed by atoms with E-state index in [4.69, 9.17) is 0 Å². The van der Waals surface area contributed by atoms with Crippen LogP contribution in [0.5, 0.6) is 0 Å². The Morgan fingerprint density at radius 2 is 0.938 bits per heavy atom. The first-order chi connectivity index (χ1) is 6.94. The Morgan fingerprint density at radius 1 is 0.688 bits per heavy atom. The first-order valence-corrected chi connectivity index (χ1v) is 6.31. The van der Waals surface area contributed by atoms with Gasteiger partial charge in [0.15, 0.2) is 0 Å². The summed E-state index contributed by atoms with van der Waals surface area (Å²) in [6.45, 7) is 0. The molecule has 0 aromatic carbocycles. The molecule has 2 atom stereocenters. The normalized spacial score (nSPS) is 19.3. The van der Waals surface area contributed by atoms with E-state index in [2.05, 4.69) is 0 Å². The van der Waals surface area contributed by atoms with Crippen LogP contribution in [0, 0.1) is 0 Å². The molecule has 0 aliphatic heterocycles. The van der Waals surface area contributed by atoms with Crippen LogP contribution < -0.4 is 8.25 Å². The molecule has 0 spiro atoms. The van der Waals surface area contributed by atoms with Gasteiger partial charge in [0, 0.05) is 0 Å². The van der Waals surface area contributed by atoms with Gasteiger partial charge in [0.25, 0.3) is 0 Å². The number of halogens is 6. The van der Waals surface area contributed by atoms with Crippen molar-refractivity contribution in [3.05, 3.63) is 0 Å². The highest BCUT2D eigenvalue weighted by atomic mass is 32.3. The van der Waals surface area contributed by atoms with E-state index in [-0.39, 0.29) is 0 Å². The van der Waals surface area contributed by atoms with Gasteiger partial charge in [0.2, 0.25) is 34.3 Å². The Labute approximate surface area is 94.0 Å². The van der Waals surface area contributed by atoms with E-state index in [0.717, 1.165) is 8.25 Å². The molecule has 5 nitrogen and oxygen atoms in total. The quantitative estimate of drug-likeness (QED) is 0.568. The lowest BCUT2D eigenvalue weighted by molar-refractivity contribution is -0.0443. The molecule has 0 heterocycles. The minimum absolute atomic E-state index is 0.738. The van der Waals surface area contributed by atoms with E-state index in [9.17, 15) is 40.0 Å². The largest absolute Gasteiger partial charge is 0.597 e. The van der Waals surface area contributed by atoms with Gasteiger partial charge in [-0.3, -0.25) is 0 Å². The van der Waals surface area contributed by atoms with Crippen molar-refractivity contribution < 1.29 is 40.0 Å². The van der Waals surface area contributed by atoms with Gasteiger partial charge in [0.05, 0.1) is 8.25 Å². The summed E-state index contributed by atoms with van der Waals surface area (Å²) in [4.78, 5) is 0. The van der Waals surface area contributed by atoms with Crippen LogP contribution in [0.15, 0.2) is 0 Å². The van der Waals surface area contributed by atoms with Crippen molar-refractivity contribution in [1.29, 1.82) is 0 Å². The molecule has 0 aromatic rings. The van der Waals surface area contributed by atoms with Crippen LogP contribution in [-0.2, 0) is 34.3 Å². The standard InChI is InChI=1S/C2H2F6N2O3S3/c3-1(4,5)14(11)9-16(13)10-15(12)2(6,7)8/h9-10H. The summed E-state index contributed by atoms with van der Waals surface area (Å²) >= 11 is -10.9. The van der Waals surface area contributed by atoms with Gasteiger partial charge in [-0.25, -0.2) is 0 Å². The van der Waals surface area contributed by atoms with Crippen LogP contribution >= 0.6 is 0 Å². The molecule has 0 fully saturated rings. The van der Waals surface area contributed by atoms with E-state index in [1.807, 2.05) is 0 Å². The second-order valence-electron chi connectivity index (χ2n) is 1.86. The van der Waals surface area contributed by atoms with E-state index >= 15 is 0 Å². The van der Waals surface area contributed by atoms with Gasteiger partial charge in [0.1, 0.15) is 0 Å². The summed E-state index contributed by atoms with van der Waals surface area (Å²) in [5.74, 6) is 0. The van der Waals surface area contributed by atoms with Crippen LogP contribution in [0.4, 0.5) is 26.3 Å². The van der Waals surface area contributed by atoms with Crippen molar-refractivity contribution in [1.82, 2.24) is 8.25 Å². The van der Waals surface area contributed by atoms with Crippen LogP contribution in [0.2, 0.25) is 0 Å². The molecule has 2 N–H and O–H groups in total. The fourth-order valence-electron chi connectivity index (χ4n) is 0.249. The minimum atomic E-state index is -5.29. The monoisotopic (exact) mass is 312 g/mol. The molecule has 16 heavy (non-hydrogen) atoms. The van der Waals surface area contributed by atoms with Crippen LogP contribution in [0.1, 0.15) is 0 Å². The van der Waals surface area contributed by atoms with Crippen molar-refractivity contribution in [3.8, 4) is 0 Å². The Balaban J connectivity index is 4.15. The lowest BCUT2D eigenvalue weighted by atomic mass is 11.6. The molecule has 0 saturated carbocycles. The second kappa shape index (κ2) is 5.85. The molecule has 0 aromatic heterocycles. The summed E-state index contributed by atoms with van der Waals surface area (Å²) in [6.07, 6.45) is 0. The van der Waals surface area contributed by atoms with Crippen molar-refractivity contribution in [2.75, 3.05) is 0 Å². The summed E-state index contributed by atoms with van der Waals surface area (Å²) in [5, 5.41) is 0. The third kappa shape index (κ3) is 6.24. The lowest BCUT2D eigenvalue weighted by Gasteiger charge is -2.15. The summed E-state index contributed by atoms with van der Waals surface area (Å²) in [6, 6.07) is 0. The number of hydrogen-bond acceptors (Lipinski definition) is 5. The molecule has 0 rings (SSSR count). The van der Waals surface area contributed by atoms with Gasteiger partial charge in [-0.1, -0.05) is 0 Å². The Kier molecular flexibility index (Phi) is 6.01. The molecule has 0 bridgehead atoms. The molecule has 98 valence electrons. The molecule has 2 unspecified atom stereocenters. The Bertz CT molecular complexity index is 202. The fraction of sp³-hybridized carbons (Fsp3) is 1.00. The molecule has 0 aliphatic carbocycles. The van der Waals surface area contributed by atoms with Crippen LogP contribution in [-0.4, -0.2) is 24.7 Å². The highest BCUT2D eigenvalue weighted by Crippen LogP contribution is 2.24. The molecule has 0 saturated heterocycles. The second-order valence-corrected chi connectivity index (χ2v) is 5.74. The van der Waals surface area contributed by atoms with Gasteiger partial charge in [-0.05, 0) is 0 Å². The van der Waals surface area contributed by atoms with Gasteiger partial charge < -0.3 is 13.7 Å². The molecule has 0 amide bonds. The van der Waals surface area contributed by atoms with Crippen LogP contribution in [0.25, 0.3) is 0 Å². The minimum Gasteiger partial charge on any atom is -0.587 e. The van der Waals surface area contributed by atoms with E-state index < -0.39 is 45.3 Å². The summed E-state index contributed by atoms with van der Waals surface area (Å²) in [7, 11) is 0. The Morgan fingerprint density at radius 3 is 1.12 bits per heavy atom. The summed E-state index contributed by atoms with van der Waals surface area (Å²) < 4.78 is 102. The highest BCUT2D eigenvalue weighted by molar-refractivity contribution is 8.10. The topological polar surface area (TPSA) is 93.2 Å². The third-order valence-corrected chi connectivity index (χ3v) is 3.99. The average molecular weight is 312 g/mol. The predicted octanol–water partition coefficient (Wildman–Crippen LogP) is 0.111. The first-order valence-electron chi connectivity index (χ1n) is 2.86. The number of hydrogen-bond donors (Lipinski definition) is 2. The number of nitrogens with one attached hydrogen (secondary N) is 2. The Hall–Kier alpha value is 0.430. The van der Waals surface area contributed by atoms with Crippen molar-refractivity contribution in [3.63, 3.8) is 0 Å². The average Bonchev–Trinajstić information content (AvgIpc) is 1.99. The molecular formula is C2H2F6N2O3S3. The SMILES string of the molecule is [O-][S+](N[S+]([O-])C(F)(F)F)N[S+]([O-])C(F)(F)F. The van der Waals surface area contributed by atoms with Gasteiger partial charge in [-0.15, -0.1) is 26.3 Å². The van der Waals surface area contributed by atoms with E-state index in [0.29, 0.717) is 0 Å². The molecule has 14 heteroatoms. The molecule has 0 aliphatic rings. The lowest BCUT2D eigenvalue weighted by Crippen LogP contribution is -2.50. The van der Waals surface area contributed by atoms with Crippen LogP contribution in [0.3, 0.4) is 0 Å². The zero-order chi connectivity index (χ0) is 13.1. The van der Waals surface area contributed by atoms with Gasteiger partial charge in [-0.2, -0.15) is 0 Å². The van der Waals surface area contributed by atoms with Gasteiger partial charge >= 0.3 is 11.0 Å². The third-order valence-electron chi connectivity index (χ3n) is 0.723. The van der Waals surface area contributed by atoms with E-state index in [1.54, 1.807) is 0 Å². The van der Waals surface area contributed by atoms with Crippen molar-refractivity contribution in [2.24, 2.45) is 0 Å². The first kappa shape index (κ1) is 16.4. The predicted molar refractivity (Wildman–Crippen MR) is 42.8 cm³/mol. The molecular weight excluding hydrogens is 310 g/mol. The number of rotatable bonds is 4. The van der Waals surface area contributed by atoms with Crippen molar-refractivity contribution >= 4 is 34.3 Å². The highest BCUT2D eigenvalue weighted by Gasteiger charge is 2.52. The smallest absolute Gasteiger partial charge is 0.587 e. The maximum Gasteiger partial charge on any atom is 0.597 e. The van der Waals surface area contributed by atoms with E-state index in [1.165, 1.54) is 0 Å². The number of alkyl halides is 6. The maximum atomic E-state index is 11.6. The maximum absolute atomic E-state index is 11.6.